The summed E-state index contributed by atoms with van der Waals surface area (Å²) in [5, 5.41) is 0. The highest BCUT2D eigenvalue weighted by molar-refractivity contribution is 9.10. The van der Waals surface area contributed by atoms with Crippen LogP contribution < -0.4 is 5.73 Å². The van der Waals surface area contributed by atoms with Gasteiger partial charge in [-0.1, -0.05) is 12.1 Å². The minimum absolute atomic E-state index is 0.299. The molecule has 94 valence electrons. The van der Waals surface area contributed by atoms with Crippen LogP contribution in [0.4, 0.5) is 14.5 Å². The topological polar surface area (TPSA) is 26.0 Å². The molecule has 0 aromatic heterocycles. The van der Waals surface area contributed by atoms with E-state index in [1.165, 1.54) is 30.0 Å². The number of hydrogen-bond donors (Lipinski definition) is 1. The van der Waals surface area contributed by atoms with Crippen LogP contribution in [-0.2, 0) is 5.75 Å². The van der Waals surface area contributed by atoms with E-state index < -0.39 is 0 Å². The summed E-state index contributed by atoms with van der Waals surface area (Å²) in [5.74, 6) is -0.121. The third-order valence-corrected chi connectivity index (χ3v) is 4.23. The molecule has 0 aliphatic rings. The number of benzene rings is 2. The van der Waals surface area contributed by atoms with Gasteiger partial charge in [-0.25, -0.2) is 8.78 Å². The van der Waals surface area contributed by atoms with Crippen LogP contribution in [0.25, 0.3) is 0 Å². The molecule has 0 amide bonds. The van der Waals surface area contributed by atoms with Crippen molar-refractivity contribution >= 4 is 33.4 Å². The van der Waals surface area contributed by atoms with E-state index in [1.54, 1.807) is 12.1 Å². The third kappa shape index (κ3) is 3.23. The molecule has 2 aromatic carbocycles. The van der Waals surface area contributed by atoms with E-state index in [4.69, 9.17) is 5.73 Å². The molecule has 0 atom stereocenters. The van der Waals surface area contributed by atoms with Crippen LogP contribution in [0.1, 0.15) is 5.56 Å². The predicted octanol–water partition coefficient (Wildman–Crippen LogP) is 4.60. The molecule has 0 saturated heterocycles. The van der Waals surface area contributed by atoms with Gasteiger partial charge in [0.05, 0.1) is 4.47 Å². The molecule has 0 spiro atoms. The first-order valence-corrected chi connectivity index (χ1v) is 6.96. The Hall–Kier alpha value is -1.07. The summed E-state index contributed by atoms with van der Waals surface area (Å²) in [6, 6.07) is 9.23. The summed E-state index contributed by atoms with van der Waals surface area (Å²) in [7, 11) is 0. The van der Waals surface area contributed by atoms with E-state index in [0.717, 1.165) is 10.5 Å². The van der Waals surface area contributed by atoms with Crippen LogP contribution >= 0.6 is 27.7 Å². The lowest BCUT2D eigenvalue weighted by atomic mass is 10.2. The zero-order valence-electron chi connectivity index (χ0n) is 9.29. The quantitative estimate of drug-likeness (QED) is 0.657. The molecule has 2 rings (SSSR count). The number of thioether (sulfide) groups is 1. The molecular weight excluding hydrogens is 320 g/mol. The molecule has 0 heterocycles. The second-order valence-corrected chi connectivity index (χ2v) is 5.56. The van der Waals surface area contributed by atoms with Crippen LogP contribution in [0.5, 0.6) is 0 Å². The van der Waals surface area contributed by atoms with Gasteiger partial charge >= 0.3 is 0 Å². The predicted molar refractivity (Wildman–Crippen MR) is 74.5 cm³/mol. The van der Waals surface area contributed by atoms with Crippen LogP contribution in [0.2, 0.25) is 0 Å². The zero-order valence-corrected chi connectivity index (χ0v) is 11.7. The smallest absolute Gasteiger partial charge is 0.137 e. The Bertz CT molecular complexity index is 555. The normalized spacial score (nSPS) is 10.6. The summed E-state index contributed by atoms with van der Waals surface area (Å²) in [5.41, 5.74) is 6.77. The Labute approximate surface area is 117 Å². The van der Waals surface area contributed by atoms with E-state index in [2.05, 4.69) is 15.9 Å². The maximum absolute atomic E-state index is 13.3. The van der Waals surface area contributed by atoms with Gasteiger partial charge in [0, 0.05) is 16.3 Å². The van der Waals surface area contributed by atoms with Gasteiger partial charge in [-0.05, 0) is 45.8 Å². The van der Waals surface area contributed by atoms with Gasteiger partial charge in [-0.15, -0.1) is 11.8 Å². The second kappa shape index (κ2) is 5.71. The van der Waals surface area contributed by atoms with Crippen LogP contribution in [0.3, 0.4) is 0 Å². The molecule has 0 aliphatic heterocycles. The van der Waals surface area contributed by atoms with Crippen molar-refractivity contribution in [2.45, 2.75) is 10.6 Å². The van der Waals surface area contributed by atoms with Gasteiger partial charge in [0.15, 0.2) is 0 Å². The SMILES string of the molecule is Nc1cc(F)cc(SCc2cccc(F)c2Br)c1. The van der Waals surface area contributed by atoms with E-state index in [9.17, 15) is 8.78 Å². The van der Waals surface area contributed by atoms with Crippen molar-refractivity contribution < 1.29 is 8.78 Å². The molecular formula is C13H10BrF2NS. The molecule has 0 saturated carbocycles. The monoisotopic (exact) mass is 329 g/mol. The van der Waals surface area contributed by atoms with Gasteiger partial charge < -0.3 is 5.73 Å². The van der Waals surface area contributed by atoms with Crippen LogP contribution in [-0.4, -0.2) is 0 Å². The fourth-order valence-corrected chi connectivity index (χ4v) is 3.06. The summed E-state index contributed by atoms with van der Waals surface area (Å²) in [4.78, 5) is 0.726. The van der Waals surface area contributed by atoms with Crippen molar-refractivity contribution in [2.75, 3.05) is 5.73 Å². The average molecular weight is 330 g/mol. The summed E-state index contributed by atoms with van der Waals surface area (Å²) < 4.78 is 26.9. The number of rotatable bonds is 3. The van der Waals surface area contributed by atoms with Gasteiger partial charge in [0.25, 0.3) is 0 Å². The largest absolute Gasteiger partial charge is 0.399 e. The average Bonchev–Trinajstić information content (AvgIpc) is 2.30. The van der Waals surface area contributed by atoms with Crippen molar-refractivity contribution in [1.29, 1.82) is 0 Å². The molecule has 5 heteroatoms. The van der Waals surface area contributed by atoms with Gasteiger partial charge in [0.1, 0.15) is 11.6 Å². The molecule has 1 nitrogen and oxygen atoms in total. The Morgan fingerprint density at radius 3 is 2.67 bits per heavy atom. The molecule has 0 unspecified atom stereocenters. The van der Waals surface area contributed by atoms with Crippen LogP contribution in [0, 0.1) is 11.6 Å². The first kappa shape index (κ1) is 13.4. The number of nitrogen functional groups attached to an aromatic ring is 1. The van der Waals surface area contributed by atoms with Gasteiger partial charge in [-0.3, -0.25) is 0 Å². The third-order valence-electron chi connectivity index (χ3n) is 2.32. The molecule has 2 N–H and O–H groups in total. The maximum Gasteiger partial charge on any atom is 0.137 e. The Morgan fingerprint density at radius 1 is 1.17 bits per heavy atom. The number of nitrogens with two attached hydrogens (primary N) is 1. The van der Waals surface area contributed by atoms with Crippen molar-refractivity contribution in [1.82, 2.24) is 0 Å². The Kier molecular flexibility index (Phi) is 4.24. The lowest BCUT2D eigenvalue weighted by molar-refractivity contribution is 0.619. The molecule has 18 heavy (non-hydrogen) atoms. The number of halogens is 3. The molecule has 0 radical (unpaired) electrons. The van der Waals surface area contributed by atoms with Crippen LogP contribution in [0.15, 0.2) is 45.8 Å². The minimum atomic E-state index is -0.365. The fraction of sp³-hybridized carbons (Fsp3) is 0.0769. The molecule has 0 fully saturated rings. The maximum atomic E-state index is 13.3. The minimum Gasteiger partial charge on any atom is -0.399 e. The standard InChI is InChI=1S/C13H10BrF2NS/c14-13-8(2-1-3-12(13)16)7-18-11-5-9(15)4-10(17)6-11/h1-6H,7,17H2. The number of hydrogen-bond acceptors (Lipinski definition) is 2. The van der Waals surface area contributed by atoms with E-state index in [1.807, 2.05) is 6.07 Å². The first-order valence-electron chi connectivity index (χ1n) is 5.18. The lowest BCUT2D eigenvalue weighted by Gasteiger charge is -2.06. The molecule has 2 aromatic rings. The first-order chi connectivity index (χ1) is 8.56. The van der Waals surface area contributed by atoms with E-state index >= 15 is 0 Å². The highest BCUT2D eigenvalue weighted by Crippen LogP contribution is 2.29. The fourth-order valence-electron chi connectivity index (χ4n) is 1.49. The zero-order chi connectivity index (χ0) is 13.1. The van der Waals surface area contributed by atoms with Crippen molar-refractivity contribution in [3.05, 3.63) is 58.1 Å². The second-order valence-electron chi connectivity index (χ2n) is 3.72. The molecule has 0 bridgehead atoms. The van der Waals surface area contributed by atoms with E-state index in [0.29, 0.717) is 15.9 Å². The number of anilines is 1. The molecule has 0 aliphatic carbocycles. The van der Waals surface area contributed by atoms with Gasteiger partial charge in [-0.2, -0.15) is 0 Å². The van der Waals surface area contributed by atoms with Gasteiger partial charge in [0.2, 0.25) is 0 Å². The Morgan fingerprint density at radius 2 is 1.94 bits per heavy atom. The van der Waals surface area contributed by atoms with E-state index in [-0.39, 0.29) is 11.6 Å². The summed E-state index contributed by atoms with van der Waals surface area (Å²) >= 11 is 4.60. The van der Waals surface area contributed by atoms with Crippen molar-refractivity contribution in [3.63, 3.8) is 0 Å². The summed E-state index contributed by atoms with van der Waals surface area (Å²) in [6.07, 6.45) is 0. The lowest BCUT2D eigenvalue weighted by Crippen LogP contribution is -1.89. The highest BCUT2D eigenvalue weighted by atomic mass is 79.9. The van der Waals surface area contributed by atoms with Crippen molar-refractivity contribution in [3.8, 4) is 0 Å². The summed E-state index contributed by atoms with van der Waals surface area (Å²) in [6.45, 7) is 0. The van der Waals surface area contributed by atoms with Crippen molar-refractivity contribution in [2.24, 2.45) is 0 Å². The highest BCUT2D eigenvalue weighted by Gasteiger charge is 2.06. The Balaban J connectivity index is 2.14.